The van der Waals surface area contributed by atoms with Crippen molar-refractivity contribution in [3.05, 3.63) is 71.1 Å². The van der Waals surface area contributed by atoms with Gasteiger partial charge < -0.3 is 9.42 Å². The summed E-state index contributed by atoms with van der Waals surface area (Å²) in [5.41, 5.74) is 3.80. The summed E-state index contributed by atoms with van der Waals surface area (Å²) >= 11 is 0. The van der Waals surface area contributed by atoms with Gasteiger partial charge in [0, 0.05) is 18.2 Å². The summed E-state index contributed by atoms with van der Waals surface area (Å²) in [7, 11) is 1.73. The van der Waals surface area contributed by atoms with Gasteiger partial charge in [-0.15, -0.1) is 0 Å². The van der Waals surface area contributed by atoms with Crippen LogP contribution in [0.3, 0.4) is 0 Å². The second kappa shape index (κ2) is 6.66. The lowest BCUT2D eigenvalue weighted by atomic mass is 10.1. The van der Waals surface area contributed by atoms with Crippen LogP contribution >= 0.6 is 0 Å². The number of hydrogen-bond acceptors (Lipinski definition) is 4. The minimum Gasteiger partial charge on any atom is -0.337 e. The summed E-state index contributed by atoms with van der Waals surface area (Å²) < 4.78 is 5.26. The number of benzene rings is 2. The molecule has 0 aliphatic heterocycles. The Bertz CT molecular complexity index is 856. The molecule has 0 saturated carbocycles. The molecular formula is C19H19N3O2. The van der Waals surface area contributed by atoms with Crippen molar-refractivity contribution in [2.24, 2.45) is 0 Å². The molecule has 24 heavy (non-hydrogen) atoms. The van der Waals surface area contributed by atoms with E-state index in [-0.39, 0.29) is 12.5 Å². The summed E-state index contributed by atoms with van der Waals surface area (Å²) in [6.07, 6.45) is 0. The number of aryl methyl sites for hydroxylation is 2. The fourth-order valence-corrected chi connectivity index (χ4v) is 2.39. The lowest BCUT2D eigenvalue weighted by molar-refractivity contribution is 0.0769. The van der Waals surface area contributed by atoms with Crippen LogP contribution in [0.2, 0.25) is 0 Å². The first kappa shape index (κ1) is 15.9. The Kier molecular flexibility index (Phi) is 4.42. The second-order valence-corrected chi connectivity index (χ2v) is 5.84. The first-order valence-electron chi connectivity index (χ1n) is 7.75. The summed E-state index contributed by atoms with van der Waals surface area (Å²) in [6.45, 7) is 4.29. The largest absolute Gasteiger partial charge is 0.337 e. The zero-order valence-corrected chi connectivity index (χ0v) is 14.0. The Morgan fingerprint density at radius 2 is 1.83 bits per heavy atom. The van der Waals surface area contributed by atoms with E-state index in [1.807, 2.05) is 62.4 Å². The smallest absolute Gasteiger partial charge is 0.254 e. The molecule has 2 aromatic carbocycles. The topological polar surface area (TPSA) is 59.2 Å². The first-order valence-corrected chi connectivity index (χ1v) is 7.75. The van der Waals surface area contributed by atoms with Crippen LogP contribution in [0.4, 0.5) is 0 Å². The highest BCUT2D eigenvalue weighted by molar-refractivity contribution is 5.94. The second-order valence-electron chi connectivity index (χ2n) is 5.84. The van der Waals surface area contributed by atoms with E-state index < -0.39 is 0 Å². The van der Waals surface area contributed by atoms with Crippen LogP contribution in [0.1, 0.15) is 27.4 Å². The number of amides is 1. The Labute approximate surface area is 140 Å². The van der Waals surface area contributed by atoms with E-state index in [0.717, 1.165) is 11.1 Å². The van der Waals surface area contributed by atoms with Gasteiger partial charge in [0.25, 0.3) is 5.91 Å². The van der Waals surface area contributed by atoms with Crippen molar-refractivity contribution in [1.29, 1.82) is 0 Å². The van der Waals surface area contributed by atoms with Crippen LogP contribution in [-0.2, 0) is 6.54 Å². The van der Waals surface area contributed by atoms with Gasteiger partial charge in [0.15, 0.2) is 0 Å². The van der Waals surface area contributed by atoms with Crippen LogP contribution in [0.15, 0.2) is 53.1 Å². The first-order chi connectivity index (χ1) is 11.5. The average Bonchev–Trinajstić information content (AvgIpc) is 3.06. The molecule has 5 heteroatoms. The highest BCUT2D eigenvalue weighted by Gasteiger charge is 2.16. The molecule has 5 nitrogen and oxygen atoms in total. The van der Waals surface area contributed by atoms with Gasteiger partial charge in [-0.3, -0.25) is 4.79 Å². The molecule has 1 heterocycles. The Balaban J connectivity index is 1.72. The predicted octanol–water partition coefficient (Wildman–Crippen LogP) is 3.63. The van der Waals surface area contributed by atoms with E-state index in [1.165, 1.54) is 5.56 Å². The van der Waals surface area contributed by atoms with Gasteiger partial charge in [-0.25, -0.2) is 0 Å². The normalized spacial score (nSPS) is 10.6. The van der Waals surface area contributed by atoms with Crippen LogP contribution in [0, 0.1) is 13.8 Å². The SMILES string of the molecule is Cc1ccc(C(=O)N(C)Cc2nc(-c3ccccc3)no2)cc1C. The van der Waals surface area contributed by atoms with Crippen molar-refractivity contribution in [3.8, 4) is 11.4 Å². The van der Waals surface area contributed by atoms with Crippen LogP contribution in [0.5, 0.6) is 0 Å². The quantitative estimate of drug-likeness (QED) is 0.736. The molecule has 1 aromatic heterocycles. The molecule has 0 unspecified atom stereocenters. The van der Waals surface area contributed by atoms with Gasteiger partial charge >= 0.3 is 0 Å². The van der Waals surface area contributed by atoms with Gasteiger partial charge in [-0.2, -0.15) is 4.98 Å². The molecule has 0 saturated heterocycles. The number of carbonyl (C=O) groups is 1. The molecule has 0 atom stereocenters. The maximum absolute atomic E-state index is 12.5. The van der Waals surface area contributed by atoms with Crippen LogP contribution < -0.4 is 0 Å². The van der Waals surface area contributed by atoms with Crippen molar-refractivity contribution in [2.45, 2.75) is 20.4 Å². The van der Waals surface area contributed by atoms with E-state index in [0.29, 0.717) is 17.3 Å². The third-order valence-corrected chi connectivity index (χ3v) is 3.97. The molecule has 0 aliphatic rings. The fraction of sp³-hybridized carbons (Fsp3) is 0.211. The monoisotopic (exact) mass is 321 g/mol. The van der Waals surface area contributed by atoms with Gasteiger partial charge in [0.1, 0.15) is 0 Å². The zero-order valence-electron chi connectivity index (χ0n) is 14.0. The van der Waals surface area contributed by atoms with Crippen LogP contribution in [-0.4, -0.2) is 28.0 Å². The van der Waals surface area contributed by atoms with Crippen molar-refractivity contribution in [1.82, 2.24) is 15.0 Å². The van der Waals surface area contributed by atoms with Gasteiger partial charge in [0.2, 0.25) is 11.7 Å². The number of carbonyl (C=O) groups excluding carboxylic acids is 1. The summed E-state index contributed by atoms with van der Waals surface area (Å²) in [4.78, 5) is 18.5. The van der Waals surface area contributed by atoms with Crippen molar-refractivity contribution < 1.29 is 9.32 Å². The maximum Gasteiger partial charge on any atom is 0.254 e. The summed E-state index contributed by atoms with van der Waals surface area (Å²) in [5.74, 6) is 0.865. The molecule has 0 aliphatic carbocycles. The molecular weight excluding hydrogens is 302 g/mol. The van der Waals surface area contributed by atoms with E-state index in [1.54, 1.807) is 11.9 Å². The number of aromatic nitrogens is 2. The third kappa shape index (κ3) is 3.35. The maximum atomic E-state index is 12.5. The Morgan fingerprint density at radius 1 is 1.08 bits per heavy atom. The third-order valence-electron chi connectivity index (χ3n) is 3.97. The predicted molar refractivity (Wildman–Crippen MR) is 91.4 cm³/mol. The van der Waals surface area contributed by atoms with E-state index in [2.05, 4.69) is 10.1 Å². The summed E-state index contributed by atoms with van der Waals surface area (Å²) in [5, 5.41) is 3.97. The van der Waals surface area contributed by atoms with Crippen LogP contribution in [0.25, 0.3) is 11.4 Å². The number of hydrogen-bond donors (Lipinski definition) is 0. The molecule has 3 rings (SSSR count). The lowest BCUT2D eigenvalue weighted by Gasteiger charge is -2.15. The highest BCUT2D eigenvalue weighted by atomic mass is 16.5. The van der Waals surface area contributed by atoms with Crippen molar-refractivity contribution in [2.75, 3.05) is 7.05 Å². The van der Waals surface area contributed by atoms with Crippen molar-refractivity contribution in [3.63, 3.8) is 0 Å². The molecule has 3 aromatic rings. The van der Waals surface area contributed by atoms with Gasteiger partial charge in [-0.05, 0) is 37.1 Å². The van der Waals surface area contributed by atoms with Gasteiger partial charge in [-0.1, -0.05) is 41.6 Å². The highest BCUT2D eigenvalue weighted by Crippen LogP contribution is 2.16. The zero-order chi connectivity index (χ0) is 17.1. The fourth-order valence-electron chi connectivity index (χ4n) is 2.39. The average molecular weight is 321 g/mol. The molecule has 0 fully saturated rings. The standard InChI is InChI=1S/C19H19N3O2/c1-13-9-10-16(11-14(13)2)19(23)22(3)12-17-20-18(21-24-17)15-7-5-4-6-8-15/h4-11H,12H2,1-3H3. The van der Waals surface area contributed by atoms with Gasteiger partial charge in [0.05, 0.1) is 6.54 Å². The van der Waals surface area contributed by atoms with Crippen molar-refractivity contribution >= 4 is 5.91 Å². The van der Waals surface area contributed by atoms with E-state index >= 15 is 0 Å². The number of nitrogens with zero attached hydrogens (tertiary/aromatic N) is 3. The number of rotatable bonds is 4. The molecule has 0 N–H and O–H groups in total. The summed E-state index contributed by atoms with van der Waals surface area (Å²) in [6, 6.07) is 15.3. The molecule has 1 amide bonds. The lowest BCUT2D eigenvalue weighted by Crippen LogP contribution is -2.26. The Morgan fingerprint density at radius 3 is 2.54 bits per heavy atom. The molecule has 0 bridgehead atoms. The van der Waals surface area contributed by atoms with E-state index in [9.17, 15) is 4.79 Å². The Hall–Kier alpha value is -2.95. The molecule has 0 radical (unpaired) electrons. The minimum atomic E-state index is -0.0717. The van der Waals surface area contributed by atoms with E-state index in [4.69, 9.17) is 4.52 Å². The molecule has 122 valence electrons. The molecule has 0 spiro atoms. The minimum absolute atomic E-state index is 0.0717.